The molecule has 0 aliphatic carbocycles. The maximum Gasteiger partial charge on any atom is 0.294 e. The highest BCUT2D eigenvalue weighted by Crippen LogP contribution is 2.32. The van der Waals surface area contributed by atoms with Crippen LogP contribution in [0.5, 0.6) is 0 Å². The standard InChI is InChI=1S/C18H19FN2O3S/c19-14-7-5-13(6-8-14)11-15-17(23)21(18(24)25-15)12-16(22)20-9-3-1-2-4-10-20/h5-8,11H,1-4,9-10,12H2/b15-11+. The van der Waals surface area contributed by atoms with E-state index in [9.17, 15) is 18.8 Å². The Labute approximate surface area is 149 Å². The van der Waals surface area contributed by atoms with Gasteiger partial charge in [-0.05, 0) is 48.4 Å². The van der Waals surface area contributed by atoms with Crippen molar-refractivity contribution in [3.05, 3.63) is 40.6 Å². The molecule has 132 valence electrons. The molecule has 2 heterocycles. The lowest BCUT2D eigenvalue weighted by Gasteiger charge is -2.22. The fraction of sp³-hybridized carbons (Fsp3) is 0.389. The van der Waals surface area contributed by atoms with E-state index in [-0.39, 0.29) is 23.2 Å². The number of carbonyl (C=O) groups excluding carboxylic acids is 3. The van der Waals surface area contributed by atoms with Gasteiger partial charge in [0.25, 0.3) is 11.1 Å². The van der Waals surface area contributed by atoms with Crippen LogP contribution in [0.1, 0.15) is 31.2 Å². The summed E-state index contributed by atoms with van der Waals surface area (Å²) in [5, 5.41) is -0.443. The van der Waals surface area contributed by atoms with Crippen LogP contribution in [0, 0.1) is 5.82 Å². The van der Waals surface area contributed by atoms with Gasteiger partial charge in [-0.2, -0.15) is 0 Å². The van der Waals surface area contributed by atoms with Gasteiger partial charge in [0.15, 0.2) is 0 Å². The summed E-state index contributed by atoms with van der Waals surface area (Å²) in [5.74, 6) is -1.02. The molecule has 0 N–H and O–H groups in total. The number of rotatable bonds is 3. The number of carbonyl (C=O) groups is 3. The van der Waals surface area contributed by atoms with E-state index < -0.39 is 11.1 Å². The van der Waals surface area contributed by atoms with E-state index >= 15 is 0 Å². The smallest absolute Gasteiger partial charge is 0.294 e. The molecular formula is C18H19FN2O3S. The average Bonchev–Trinajstić information content (AvgIpc) is 2.80. The number of hydrogen-bond acceptors (Lipinski definition) is 4. The highest BCUT2D eigenvalue weighted by Gasteiger charge is 2.37. The first-order chi connectivity index (χ1) is 12.0. The van der Waals surface area contributed by atoms with Crippen LogP contribution in [-0.4, -0.2) is 46.5 Å². The zero-order valence-electron chi connectivity index (χ0n) is 13.7. The fourth-order valence-corrected chi connectivity index (χ4v) is 3.74. The van der Waals surface area contributed by atoms with Gasteiger partial charge in [-0.3, -0.25) is 19.3 Å². The third kappa shape index (κ3) is 4.28. The molecule has 0 spiro atoms. The Morgan fingerprint density at radius 2 is 1.72 bits per heavy atom. The van der Waals surface area contributed by atoms with Crippen LogP contribution in [0.3, 0.4) is 0 Å². The van der Waals surface area contributed by atoms with Crippen molar-refractivity contribution >= 4 is 34.9 Å². The van der Waals surface area contributed by atoms with Crippen LogP contribution in [0.15, 0.2) is 29.2 Å². The Morgan fingerprint density at radius 1 is 1.08 bits per heavy atom. The molecule has 2 saturated heterocycles. The van der Waals surface area contributed by atoms with Crippen LogP contribution in [0.2, 0.25) is 0 Å². The lowest BCUT2D eigenvalue weighted by Crippen LogP contribution is -2.42. The number of halogens is 1. The molecule has 0 aromatic heterocycles. The van der Waals surface area contributed by atoms with Crippen molar-refractivity contribution in [3.8, 4) is 0 Å². The second-order valence-corrected chi connectivity index (χ2v) is 7.11. The van der Waals surface area contributed by atoms with Gasteiger partial charge < -0.3 is 4.90 Å². The molecule has 25 heavy (non-hydrogen) atoms. The number of nitrogens with zero attached hydrogens (tertiary/aromatic N) is 2. The molecule has 2 aliphatic rings. The molecule has 0 radical (unpaired) electrons. The minimum atomic E-state index is -0.470. The van der Waals surface area contributed by atoms with E-state index in [1.807, 2.05) is 0 Å². The third-order valence-corrected chi connectivity index (χ3v) is 5.20. The molecule has 0 saturated carbocycles. The lowest BCUT2D eigenvalue weighted by molar-refractivity contribution is -0.135. The predicted octanol–water partition coefficient (Wildman–Crippen LogP) is 3.26. The molecule has 5 nitrogen and oxygen atoms in total. The highest BCUT2D eigenvalue weighted by molar-refractivity contribution is 8.18. The highest BCUT2D eigenvalue weighted by atomic mass is 32.2. The summed E-state index contributed by atoms with van der Waals surface area (Å²) < 4.78 is 13.0. The molecule has 1 aromatic carbocycles. The number of imide groups is 1. The Morgan fingerprint density at radius 3 is 2.36 bits per heavy atom. The molecular weight excluding hydrogens is 343 g/mol. The van der Waals surface area contributed by atoms with E-state index in [0.29, 0.717) is 18.7 Å². The van der Waals surface area contributed by atoms with Gasteiger partial charge >= 0.3 is 0 Å². The van der Waals surface area contributed by atoms with Crippen molar-refractivity contribution in [1.82, 2.24) is 9.80 Å². The Hall–Kier alpha value is -2.15. The number of likely N-dealkylation sites (tertiary alicyclic amines) is 1. The first-order valence-corrected chi connectivity index (χ1v) is 9.15. The van der Waals surface area contributed by atoms with Crippen LogP contribution in [0.25, 0.3) is 6.08 Å². The Bertz CT molecular complexity index is 710. The molecule has 1 aromatic rings. The normalized spacial score (nSPS) is 20.3. The monoisotopic (exact) mass is 362 g/mol. The van der Waals surface area contributed by atoms with Gasteiger partial charge in [-0.25, -0.2) is 4.39 Å². The van der Waals surface area contributed by atoms with E-state index in [1.165, 1.54) is 24.3 Å². The van der Waals surface area contributed by atoms with Gasteiger partial charge in [0.1, 0.15) is 12.4 Å². The van der Waals surface area contributed by atoms with Crippen molar-refractivity contribution in [2.75, 3.05) is 19.6 Å². The summed E-state index contributed by atoms with van der Waals surface area (Å²) in [7, 11) is 0. The van der Waals surface area contributed by atoms with Crippen LogP contribution >= 0.6 is 11.8 Å². The Balaban J connectivity index is 1.68. The van der Waals surface area contributed by atoms with E-state index in [2.05, 4.69) is 0 Å². The first-order valence-electron chi connectivity index (χ1n) is 8.33. The first kappa shape index (κ1) is 17.7. The molecule has 0 atom stereocenters. The fourth-order valence-electron chi connectivity index (χ4n) is 2.90. The average molecular weight is 362 g/mol. The minimum absolute atomic E-state index is 0.188. The van der Waals surface area contributed by atoms with Crippen LogP contribution in [0.4, 0.5) is 9.18 Å². The van der Waals surface area contributed by atoms with Gasteiger partial charge in [0.05, 0.1) is 4.91 Å². The number of amides is 3. The topological polar surface area (TPSA) is 57.7 Å². The van der Waals surface area contributed by atoms with Gasteiger partial charge in [-0.1, -0.05) is 25.0 Å². The number of thioether (sulfide) groups is 1. The van der Waals surface area contributed by atoms with Crippen molar-refractivity contribution in [1.29, 1.82) is 0 Å². The second-order valence-electron chi connectivity index (χ2n) is 6.11. The SMILES string of the molecule is O=C(CN1C(=O)S/C(=C/c2ccc(F)cc2)C1=O)N1CCCCCC1. The van der Waals surface area contributed by atoms with Gasteiger partial charge in [0, 0.05) is 13.1 Å². The Kier molecular flexibility index (Phi) is 5.53. The lowest BCUT2D eigenvalue weighted by atomic mass is 10.2. The zero-order chi connectivity index (χ0) is 17.8. The predicted molar refractivity (Wildman–Crippen MR) is 94.1 cm³/mol. The summed E-state index contributed by atoms with van der Waals surface area (Å²) in [6.45, 7) is 1.15. The summed E-state index contributed by atoms with van der Waals surface area (Å²) in [5.41, 5.74) is 0.630. The summed E-state index contributed by atoms with van der Waals surface area (Å²) in [6.07, 6.45) is 5.66. The molecule has 2 fully saturated rings. The van der Waals surface area contributed by atoms with Crippen molar-refractivity contribution < 1.29 is 18.8 Å². The maximum atomic E-state index is 13.0. The largest absolute Gasteiger partial charge is 0.341 e. The molecule has 2 aliphatic heterocycles. The van der Waals surface area contributed by atoms with Crippen LogP contribution < -0.4 is 0 Å². The van der Waals surface area contributed by atoms with Crippen LogP contribution in [-0.2, 0) is 9.59 Å². The van der Waals surface area contributed by atoms with Crippen molar-refractivity contribution in [2.24, 2.45) is 0 Å². The number of hydrogen-bond donors (Lipinski definition) is 0. The summed E-state index contributed by atoms with van der Waals surface area (Å²) in [4.78, 5) is 40.0. The molecule has 7 heteroatoms. The van der Waals surface area contributed by atoms with Crippen molar-refractivity contribution in [3.63, 3.8) is 0 Å². The molecule has 0 bridgehead atoms. The van der Waals surface area contributed by atoms with Gasteiger partial charge in [0.2, 0.25) is 5.91 Å². The van der Waals surface area contributed by atoms with E-state index in [1.54, 1.807) is 11.0 Å². The third-order valence-electron chi connectivity index (χ3n) is 4.29. The summed E-state index contributed by atoms with van der Waals surface area (Å²) in [6, 6.07) is 5.65. The summed E-state index contributed by atoms with van der Waals surface area (Å²) >= 11 is 0.808. The maximum absolute atomic E-state index is 13.0. The van der Waals surface area contributed by atoms with Gasteiger partial charge in [-0.15, -0.1) is 0 Å². The van der Waals surface area contributed by atoms with E-state index in [4.69, 9.17) is 0 Å². The zero-order valence-corrected chi connectivity index (χ0v) is 14.6. The minimum Gasteiger partial charge on any atom is -0.341 e. The molecule has 0 unspecified atom stereocenters. The number of benzene rings is 1. The van der Waals surface area contributed by atoms with E-state index in [0.717, 1.165) is 42.3 Å². The molecule has 3 rings (SSSR count). The quantitative estimate of drug-likeness (QED) is 0.775. The van der Waals surface area contributed by atoms with Crippen molar-refractivity contribution in [2.45, 2.75) is 25.7 Å². The molecule has 3 amide bonds. The second kappa shape index (κ2) is 7.82.